The van der Waals surface area contributed by atoms with E-state index in [9.17, 15) is 5.26 Å². The molecular formula is C16H18N2OS. The summed E-state index contributed by atoms with van der Waals surface area (Å²) in [5.74, 6) is 2.07. The van der Waals surface area contributed by atoms with Crippen LogP contribution < -0.4 is 0 Å². The second kappa shape index (κ2) is 5.08. The van der Waals surface area contributed by atoms with Gasteiger partial charge < -0.3 is 4.42 Å². The molecule has 2 heterocycles. The van der Waals surface area contributed by atoms with Crippen LogP contribution in [0, 0.1) is 17.2 Å². The van der Waals surface area contributed by atoms with Gasteiger partial charge in [0.25, 0.3) is 0 Å². The lowest BCUT2D eigenvalue weighted by atomic mass is 9.86. The van der Waals surface area contributed by atoms with E-state index in [0.717, 1.165) is 24.2 Å². The number of hydrogen-bond acceptors (Lipinski definition) is 4. The van der Waals surface area contributed by atoms with Crippen molar-refractivity contribution in [3.63, 3.8) is 0 Å². The van der Waals surface area contributed by atoms with Crippen LogP contribution in [0.1, 0.15) is 30.1 Å². The van der Waals surface area contributed by atoms with E-state index in [2.05, 4.69) is 17.5 Å². The van der Waals surface area contributed by atoms with Gasteiger partial charge in [-0.2, -0.15) is 16.6 Å². The van der Waals surface area contributed by atoms with Gasteiger partial charge >= 0.3 is 0 Å². The first-order valence-corrected chi connectivity index (χ1v) is 7.76. The van der Waals surface area contributed by atoms with Gasteiger partial charge in [-0.05, 0) is 67.4 Å². The van der Waals surface area contributed by atoms with Crippen molar-refractivity contribution in [3.8, 4) is 6.07 Å². The number of thiophene rings is 1. The van der Waals surface area contributed by atoms with Gasteiger partial charge in [0, 0.05) is 5.92 Å². The Hall–Kier alpha value is -1.57. The van der Waals surface area contributed by atoms with Gasteiger partial charge in [0.2, 0.25) is 0 Å². The summed E-state index contributed by atoms with van der Waals surface area (Å²) in [5.41, 5.74) is 0.589. The third-order valence-corrected chi connectivity index (χ3v) is 5.02. The molecule has 4 heteroatoms. The minimum absolute atomic E-state index is 0.483. The smallest absolute Gasteiger partial charge is 0.135 e. The molecule has 20 heavy (non-hydrogen) atoms. The van der Waals surface area contributed by atoms with E-state index in [1.54, 1.807) is 17.6 Å². The molecule has 1 saturated carbocycles. The minimum Gasteiger partial charge on any atom is -0.469 e. The third kappa shape index (κ3) is 2.17. The fourth-order valence-electron chi connectivity index (χ4n) is 2.97. The normalized spacial score (nSPS) is 24.3. The Morgan fingerprint density at radius 3 is 2.90 bits per heavy atom. The van der Waals surface area contributed by atoms with Crippen molar-refractivity contribution in [3.05, 3.63) is 46.5 Å². The van der Waals surface area contributed by atoms with E-state index >= 15 is 0 Å². The lowest BCUT2D eigenvalue weighted by Crippen LogP contribution is -2.40. The SMILES string of the molecule is CN(C)C(C#N)(C[C@@H]1C[C@H]1c1ccco1)c1ccsc1. The molecule has 1 fully saturated rings. The Balaban J connectivity index is 1.81. The van der Waals surface area contributed by atoms with Crippen LogP contribution in [0.5, 0.6) is 0 Å². The Kier molecular flexibility index (Phi) is 3.41. The van der Waals surface area contributed by atoms with Crippen LogP contribution in [0.2, 0.25) is 0 Å². The van der Waals surface area contributed by atoms with Gasteiger partial charge in [-0.1, -0.05) is 0 Å². The maximum absolute atomic E-state index is 9.80. The Morgan fingerprint density at radius 2 is 2.35 bits per heavy atom. The summed E-state index contributed by atoms with van der Waals surface area (Å²) in [7, 11) is 3.98. The second-order valence-corrected chi connectivity index (χ2v) is 6.48. The summed E-state index contributed by atoms with van der Waals surface area (Å²) >= 11 is 1.65. The molecule has 0 bridgehead atoms. The van der Waals surface area contributed by atoms with E-state index in [4.69, 9.17) is 4.42 Å². The van der Waals surface area contributed by atoms with Crippen LogP contribution in [0.15, 0.2) is 39.6 Å². The highest BCUT2D eigenvalue weighted by atomic mass is 32.1. The topological polar surface area (TPSA) is 40.2 Å². The average molecular weight is 286 g/mol. The maximum Gasteiger partial charge on any atom is 0.135 e. The first-order valence-electron chi connectivity index (χ1n) is 6.82. The highest BCUT2D eigenvalue weighted by Crippen LogP contribution is 2.53. The zero-order valence-electron chi connectivity index (χ0n) is 11.7. The molecule has 1 aliphatic rings. The van der Waals surface area contributed by atoms with E-state index in [1.165, 1.54) is 0 Å². The molecule has 0 N–H and O–H groups in total. The van der Waals surface area contributed by atoms with Gasteiger partial charge in [-0.25, -0.2) is 0 Å². The van der Waals surface area contributed by atoms with Crippen molar-refractivity contribution in [2.75, 3.05) is 14.1 Å². The Labute approximate surface area is 123 Å². The van der Waals surface area contributed by atoms with Gasteiger partial charge in [0.05, 0.1) is 12.3 Å². The molecule has 2 aromatic rings. The zero-order valence-corrected chi connectivity index (χ0v) is 12.6. The monoisotopic (exact) mass is 286 g/mol. The average Bonchev–Trinajstić information content (AvgIpc) is 2.93. The fraction of sp³-hybridized carbons (Fsp3) is 0.438. The summed E-state index contributed by atoms with van der Waals surface area (Å²) in [6.45, 7) is 0. The molecule has 3 nitrogen and oxygen atoms in total. The summed E-state index contributed by atoms with van der Waals surface area (Å²) in [4.78, 5) is 2.05. The predicted molar refractivity (Wildman–Crippen MR) is 79.5 cm³/mol. The zero-order chi connectivity index (χ0) is 14.2. The molecule has 0 radical (unpaired) electrons. The standard InChI is InChI=1S/C16H18N2OS/c1-18(2)16(11-17,13-5-7-20-10-13)9-12-8-14(12)15-4-3-6-19-15/h3-7,10,12,14H,8-9H2,1-2H3/t12-,14+,16?/m0/s1. The lowest BCUT2D eigenvalue weighted by Gasteiger charge is -2.33. The molecule has 1 aliphatic carbocycles. The molecule has 3 rings (SSSR count). The van der Waals surface area contributed by atoms with Gasteiger partial charge in [0.1, 0.15) is 11.3 Å². The highest BCUT2D eigenvalue weighted by Gasteiger charge is 2.48. The minimum atomic E-state index is -0.522. The van der Waals surface area contributed by atoms with E-state index in [-0.39, 0.29) is 0 Å². The molecule has 0 aromatic carbocycles. The largest absolute Gasteiger partial charge is 0.469 e. The molecule has 0 spiro atoms. The molecule has 2 aromatic heterocycles. The van der Waals surface area contributed by atoms with E-state index in [0.29, 0.717) is 11.8 Å². The van der Waals surface area contributed by atoms with Crippen LogP contribution >= 0.6 is 11.3 Å². The molecule has 3 atom stereocenters. The third-order valence-electron chi connectivity index (χ3n) is 4.34. The molecule has 0 amide bonds. The highest BCUT2D eigenvalue weighted by molar-refractivity contribution is 7.08. The van der Waals surface area contributed by atoms with Gasteiger partial charge in [-0.15, -0.1) is 0 Å². The number of rotatable bonds is 5. The summed E-state index contributed by atoms with van der Waals surface area (Å²) < 4.78 is 5.49. The first-order chi connectivity index (χ1) is 9.67. The van der Waals surface area contributed by atoms with Crippen molar-refractivity contribution in [2.45, 2.75) is 24.3 Å². The van der Waals surface area contributed by atoms with E-state index in [1.807, 2.05) is 36.5 Å². The van der Waals surface area contributed by atoms with Gasteiger partial charge in [0.15, 0.2) is 0 Å². The van der Waals surface area contributed by atoms with Crippen LogP contribution in [0.25, 0.3) is 0 Å². The van der Waals surface area contributed by atoms with Crippen LogP contribution in [-0.2, 0) is 5.54 Å². The molecule has 0 aliphatic heterocycles. The van der Waals surface area contributed by atoms with Crippen molar-refractivity contribution < 1.29 is 4.42 Å². The first kappa shape index (κ1) is 13.4. The number of nitriles is 1. The van der Waals surface area contributed by atoms with Crippen LogP contribution in [0.3, 0.4) is 0 Å². The van der Waals surface area contributed by atoms with Crippen molar-refractivity contribution in [1.29, 1.82) is 5.26 Å². The number of nitrogens with zero attached hydrogens (tertiary/aromatic N) is 2. The summed E-state index contributed by atoms with van der Waals surface area (Å²) in [6, 6.07) is 8.60. The molecule has 0 saturated heterocycles. The maximum atomic E-state index is 9.80. The summed E-state index contributed by atoms with van der Waals surface area (Å²) in [6.07, 6.45) is 3.71. The predicted octanol–water partition coefficient (Wildman–Crippen LogP) is 3.82. The van der Waals surface area contributed by atoms with Crippen molar-refractivity contribution >= 4 is 11.3 Å². The molecular weight excluding hydrogens is 268 g/mol. The molecule has 1 unspecified atom stereocenters. The van der Waals surface area contributed by atoms with Crippen molar-refractivity contribution in [1.82, 2.24) is 4.90 Å². The molecule has 104 valence electrons. The number of furan rings is 1. The fourth-order valence-corrected chi connectivity index (χ4v) is 3.70. The second-order valence-electron chi connectivity index (χ2n) is 5.70. The van der Waals surface area contributed by atoms with E-state index < -0.39 is 5.54 Å². The Morgan fingerprint density at radius 1 is 1.50 bits per heavy atom. The van der Waals surface area contributed by atoms with Crippen LogP contribution in [0.4, 0.5) is 0 Å². The quantitative estimate of drug-likeness (QED) is 0.839. The van der Waals surface area contributed by atoms with Gasteiger partial charge in [-0.3, -0.25) is 4.90 Å². The van der Waals surface area contributed by atoms with Crippen LogP contribution in [-0.4, -0.2) is 19.0 Å². The lowest BCUT2D eigenvalue weighted by molar-refractivity contribution is 0.193. The van der Waals surface area contributed by atoms with Crippen molar-refractivity contribution in [2.24, 2.45) is 5.92 Å². The number of hydrogen-bond donors (Lipinski definition) is 0. The summed E-state index contributed by atoms with van der Waals surface area (Å²) in [5, 5.41) is 13.9. The Bertz CT molecular complexity index is 597.